The number of rotatable bonds is 5. The Kier molecular flexibility index (Phi) is 5.33. The number of likely N-dealkylation sites (tertiary alicyclic amines) is 1. The van der Waals surface area contributed by atoms with Gasteiger partial charge in [0.1, 0.15) is 12.0 Å². The third-order valence-electron chi connectivity index (χ3n) is 5.30. The normalized spacial score (nSPS) is 17.3. The third kappa shape index (κ3) is 3.60. The van der Waals surface area contributed by atoms with Crippen LogP contribution in [0.4, 0.5) is 0 Å². The van der Waals surface area contributed by atoms with Crippen LogP contribution in [-0.4, -0.2) is 39.3 Å². The molecule has 1 aliphatic rings. The van der Waals surface area contributed by atoms with E-state index >= 15 is 0 Å². The number of pyridine rings is 1. The Balaban J connectivity index is 1.69. The van der Waals surface area contributed by atoms with Crippen LogP contribution in [0, 0.1) is 0 Å². The second-order valence-corrected chi connectivity index (χ2v) is 7.08. The van der Waals surface area contributed by atoms with Crippen molar-refractivity contribution in [3.8, 4) is 11.3 Å². The summed E-state index contributed by atoms with van der Waals surface area (Å²) < 4.78 is 1.84. The highest BCUT2D eigenvalue weighted by molar-refractivity contribution is 5.95. The topological polar surface area (TPSA) is 54.7 Å². The first kappa shape index (κ1) is 18.2. The number of piperidine rings is 1. The summed E-state index contributed by atoms with van der Waals surface area (Å²) in [7, 11) is 0. The van der Waals surface area contributed by atoms with Gasteiger partial charge in [-0.3, -0.25) is 4.79 Å². The first-order valence-corrected chi connectivity index (χ1v) is 9.73. The molecule has 0 unspecified atom stereocenters. The summed E-state index contributed by atoms with van der Waals surface area (Å²) in [5.41, 5.74) is 3.73. The van der Waals surface area contributed by atoms with E-state index in [1.807, 2.05) is 70.2 Å². The molecule has 1 aliphatic heterocycles. The smallest absolute Gasteiger partial charge is 0.246 e. The van der Waals surface area contributed by atoms with Gasteiger partial charge in [-0.15, -0.1) is 0 Å². The number of nitrogens with zero attached hydrogens (tertiary/aromatic N) is 3. The van der Waals surface area contributed by atoms with Gasteiger partial charge < -0.3 is 9.69 Å². The Morgan fingerprint density at radius 2 is 1.93 bits per heavy atom. The van der Waals surface area contributed by atoms with E-state index in [0.717, 1.165) is 47.9 Å². The van der Waals surface area contributed by atoms with Crippen LogP contribution >= 0.6 is 0 Å². The molecule has 1 fully saturated rings. The van der Waals surface area contributed by atoms with Crippen molar-refractivity contribution in [2.45, 2.75) is 31.7 Å². The molecule has 0 bridgehead atoms. The molecule has 28 heavy (non-hydrogen) atoms. The highest BCUT2D eigenvalue weighted by atomic mass is 16.2. The van der Waals surface area contributed by atoms with Crippen LogP contribution in [0.5, 0.6) is 0 Å². The fraction of sp³-hybridized carbons (Fsp3) is 0.261. The number of benzene rings is 1. The summed E-state index contributed by atoms with van der Waals surface area (Å²) >= 11 is 0. The van der Waals surface area contributed by atoms with E-state index < -0.39 is 0 Å². The average molecular weight is 373 g/mol. The van der Waals surface area contributed by atoms with Crippen molar-refractivity contribution >= 4 is 23.8 Å². The molecule has 0 saturated carbocycles. The Bertz CT molecular complexity index is 1010. The molecule has 5 nitrogen and oxygen atoms in total. The molecule has 2 aromatic heterocycles. The number of aromatic nitrogens is 2. The minimum atomic E-state index is -0.0409. The highest BCUT2D eigenvalue weighted by Gasteiger charge is 2.25. The van der Waals surface area contributed by atoms with Gasteiger partial charge >= 0.3 is 0 Å². The van der Waals surface area contributed by atoms with Gasteiger partial charge in [-0.1, -0.05) is 36.4 Å². The van der Waals surface area contributed by atoms with E-state index in [4.69, 9.17) is 5.10 Å². The third-order valence-corrected chi connectivity index (χ3v) is 5.30. The van der Waals surface area contributed by atoms with Crippen LogP contribution in [0.1, 0.15) is 31.2 Å². The zero-order valence-electron chi connectivity index (χ0n) is 15.7. The van der Waals surface area contributed by atoms with E-state index in [-0.39, 0.29) is 11.9 Å². The molecule has 0 spiro atoms. The van der Waals surface area contributed by atoms with E-state index in [2.05, 4.69) is 0 Å². The number of amides is 1. The summed E-state index contributed by atoms with van der Waals surface area (Å²) in [5, 5.41) is 4.71. The summed E-state index contributed by atoms with van der Waals surface area (Å²) in [6.45, 7) is 0.710. The van der Waals surface area contributed by atoms with Crippen molar-refractivity contribution < 1.29 is 9.59 Å². The molecule has 1 atom stereocenters. The fourth-order valence-corrected chi connectivity index (χ4v) is 3.89. The Labute approximate surface area is 164 Å². The van der Waals surface area contributed by atoms with E-state index in [9.17, 15) is 9.59 Å². The molecule has 142 valence electrons. The van der Waals surface area contributed by atoms with E-state index in [1.165, 1.54) is 0 Å². The number of carbonyl (C=O) groups excluding carboxylic acids is 2. The molecular weight excluding hydrogens is 350 g/mol. The van der Waals surface area contributed by atoms with E-state index in [1.54, 1.807) is 6.08 Å². The predicted molar refractivity (Wildman–Crippen MR) is 110 cm³/mol. The summed E-state index contributed by atoms with van der Waals surface area (Å²) in [6, 6.07) is 15.9. The van der Waals surface area contributed by atoms with Crippen molar-refractivity contribution in [2.24, 2.45) is 0 Å². The van der Waals surface area contributed by atoms with E-state index in [0.29, 0.717) is 13.0 Å². The fourth-order valence-electron chi connectivity index (χ4n) is 3.89. The number of hydrogen-bond donors (Lipinski definition) is 0. The molecular formula is C23H23N3O2. The minimum Gasteiger partial charge on any atom is -0.336 e. The van der Waals surface area contributed by atoms with Gasteiger partial charge in [0.15, 0.2) is 0 Å². The summed E-state index contributed by atoms with van der Waals surface area (Å²) in [5.74, 6) is -0.0409. The largest absolute Gasteiger partial charge is 0.336 e. The lowest BCUT2D eigenvalue weighted by atomic mass is 9.99. The minimum absolute atomic E-state index is 0.0147. The lowest BCUT2D eigenvalue weighted by Gasteiger charge is -2.34. The van der Waals surface area contributed by atoms with Crippen LogP contribution in [0.2, 0.25) is 0 Å². The molecule has 0 aliphatic carbocycles. The number of carbonyl (C=O) groups is 2. The van der Waals surface area contributed by atoms with Gasteiger partial charge in [0.2, 0.25) is 5.91 Å². The van der Waals surface area contributed by atoms with Crippen molar-refractivity contribution in [1.29, 1.82) is 0 Å². The second-order valence-electron chi connectivity index (χ2n) is 7.08. The monoisotopic (exact) mass is 373 g/mol. The Hall–Kier alpha value is -3.21. The van der Waals surface area contributed by atoms with Gasteiger partial charge in [0.05, 0.1) is 5.52 Å². The number of aldehydes is 1. The molecule has 3 heterocycles. The molecule has 3 aromatic rings. The molecule has 1 saturated heterocycles. The zero-order chi connectivity index (χ0) is 19.3. The Morgan fingerprint density at radius 1 is 1.11 bits per heavy atom. The Morgan fingerprint density at radius 3 is 2.75 bits per heavy atom. The lowest BCUT2D eigenvalue weighted by molar-refractivity contribution is -0.130. The van der Waals surface area contributed by atoms with Gasteiger partial charge in [-0.05, 0) is 37.5 Å². The van der Waals surface area contributed by atoms with Gasteiger partial charge in [-0.25, -0.2) is 4.52 Å². The highest BCUT2D eigenvalue weighted by Crippen LogP contribution is 2.27. The van der Waals surface area contributed by atoms with Crippen molar-refractivity contribution in [2.75, 3.05) is 6.54 Å². The molecule has 0 radical (unpaired) electrons. The SMILES string of the molecule is O=CC[C@H]1CCCCN1C(=O)C=Cc1c(-c2ccccc2)nn2ccccc12. The van der Waals surface area contributed by atoms with Gasteiger partial charge in [-0.2, -0.15) is 5.10 Å². The molecule has 1 aromatic carbocycles. The van der Waals surface area contributed by atoms with Gasteiger partial charge in [0, 0.05) is 42.4 Å². The molecule has 4 rings (SSSR count). The lowest BCUT2D eigenvalue weighted by Crippen LogP contribution is -2.43. The number of hydrogen-bond acceptors (Lipinski definition) is 3. The van der Waals surface area contributed by atoms with Crippen LogP contribution in [0.15, 0.2) is 60.8 Å². The zero-order valence-corrected chi connectivity index (χ0v) is 15.7. The maximum Gasteiger partial charge on any atom is 0.246 e. The number of fused-ring (bicyclic) bond motifs is 1. The molecule has 1 amide bonds. The van der Waals surface area contributed by atoms with Crippen LogP contribution < -0.4 is 0 Å². The van der Waals surface area contributed by atoms with Crippen molar-refractivity contribution in [1.82, 2.24) is 14.5 Å². The van der Waals surface area contributed by atoms with Crippen LogP contribution in [0.25, 0.3) is 22.9 Å². The predicted octanol–water partition coefficient (Wildman–Crippen LogP) is 3.98. The first-order valence-electron chi connectivity index (χ1n) is 9.73. The van der Waals surface area contributed by atoms with Crippen LogP contribution in [0.3, 0.4) is 0 Å². The maximum absolute atomic E-state index is 12.9. The van der Waals surface area contributed by atoms with Crippen LogP contribution in [-0.2, 0) is 9.59 Å². The van der Waals surface area contributed by atoms with Crippen molar-refractivity contribution in [3.05, 3.63) is 66.4 Å². The second kappa shape index (κ2) is 8.21. The van der Waals surface area contributed by atoms with Crippen molar-refractivity contribution in [3.63, 3.8) is 0 Å². The van der Waals surface area contributed by atoms with Gasteiger partial charge in [0.25, 0.3) is 0 Å². The summed E-state index contributed by atoms with van der Waals surface area (Å²) in [6.07, 6.45) is 9.67. The molecule has 5 heteroatoms. The standard InChI is InChI=1S/C23H23N3O2/c27-17-14-19-10-4-6-15-25(19)22(28)13-12-20-21-11-5-7-16-26(21)24-23(20)18-8-2-1-3-9-18/h1-3,5,7-9,11-13,16-17,19H,4,6,10,14-15H2/t19-/m1/s1. The molecule has 0 N–H and O–H groups in total. The quantitative estimate of drug-likeness (QED) is 0.502. The average Bonchev–Trinajstić information content (AvgIpc) is 3.12. The first-order chi connectivity index (χ1) is 13.8. The summed E-state index contributed by atoms with van der Waals surface area (Å²) in [4.78, 5) is 25.7. The maximum atomic E-state index is 12.9.